The first-order valence-electron chi connectivity index (χ1n) is 8.10. The van der Waals surface area contributed by atoms with Crippen LogP contribution in [-0.2, 0) is 9.59 Å². The van der Waals surface area contributed by atoms with E-state index in [4.69, 9.17) is 12.2 Å². The van der Waals surface area contributed by atoms with Gasteiger partial charge in [-0.2, -0.15) is 0 Å². The summed E-state index contributed by atoms with van der Waals surface area (Å²) in [5.74, 6) is -2.12. The molecule has 0 unspecified atom stereocenters. The summed E-state index contributed by atoms with van der Waals surface area (Å²) in [6.07, 6.45) is 1.50. The van der Waals surface area contributed by atoms with Gasteiger partial charge in [-0.05, 0) is 68.4 Å². The first kappa shape index (κ1) is 18.5. The van der Waals surface area contributed by atoms with Crippen molar-refractivity contribution in [3.05, 3.63) is 57.9 Å². The highest BCUT2D eigenvalue weighted by Crippen LogP contribution is 2.26. The van der Waals surface area contributed by atoms with Crippen LogP contribution in [0.15, 0.2) is 29.8 Å². The van der Waals surface area contributed by atoms with E-state index in [2.05, 4.69) is 10.6 Å². The Bertz CT molecular complexity index is 1030. The second-order valence-corrected chi connectivity index (χ2v) is 6.67. The van der Waals surface area contributed by atoms with Crippen LogP contribution in [0.4, 0.5) is 0 Å². The summed E-state index contributed by atoms with van der Waals surface area (Å²) in [5.41, 5.74) is 4.08. The lowest BCUT2D eigenvalue weighted by atomic mass is 10.1. The topological polar surface area (TPSA) is 100 Å². The van der Waals surface area contributed by atoms with Crippen molar-refractivity contribution < 1.29 is 19.5 Å². The summed E-state index contributed by atoms with van der Waals surface area (Å²) in [7, 11) is 0. The highest BCUT2D eigenvalue weighted by atomic mass is 32.1. The van der Waals surface area contributed by atoms with Gasteiger partial charge in [0, 0.05) is 17.1 Å². The van der Waals surface area contributed by atoms with E-state index in [1.165, 1.54) is 6.08 Å². The van der Waals surface area contributed by atoms with Crippen molar-refractivity contribution in [1.82, 2.24) is 15.2 Å². The summed E-state index contributed by atoms with van der Waals surface area (Å²) in [6.45, 7) is 5.61. The largest absolute Gasteiger partial charge is 0.478 e. The van der Waals surface area contributed by atoms with Gasteiger partial charge in [-0.25, -0.2) is 4.79 Å². The number of rotatable bonds is 3. The molecule has 0 atom stereocenters. The van der Waals surface area contributed by atoms with E-state index in [1.54, 1.807) is 18.2 Å². The van der Waals surface area contributed by atoms with Crippen LogP contribution in [0.1, 0.15) is 32.9 Å². The molecule has 27 heavy (non-hydrogen) atoms. The fourth-order valence-corrected chi connectivity index (χ4v) is 3.24. The van der Waals surface area contributed by atoms with Crippen molar-refractivity contribution in [3.63, 3.8) is 0 Å². The van der Waals surface area contributed by atoms with E-state index in [0.717, 1.165) is 22.6 Å². The van der Waals surface area contributed by atoms with Gasteiger partial charge in [0.05, 0.1) is 5.56 Å². The van der Waals surface area contributed by atoms with Gasteiger partial charge in [-0.15, -0.1) is 0 Å². The van der Waals surface area contributed by atoms with Gasteiger partial charge in [-0.1, -0.05) is 6.07 Å². The van der Waals surface area contributed by atoms with E-state index in [-0.39, 0.29) is 16.2 Å². The van der Waals surface area contributed by atoms with Crippen LogP contribution in [0.2, 0.25) is 0 Å². The molecular weight excluding hydrogens is 366 g/mol. The monoisotopic (exact) mass is 383 g/mol. The maximum atomic E-state index is 12.1. The molecule has 1 aromatic carbocycles. The molecule has 7 nitrogen and oxygen atoms in total. The average molecular weight is 383 g/mol. The Kier molecular flexibility index (Phi) is 4.67. The average Bonchev–Trinajstić information content (AvgIpc) is 2.85. The molecule has 2 amide bonds. The van der Waals surface area contributed by atoms with Crippen LogP contribution in [0.3, 0.4) is 0 Å². The number of carbonyl (C=O) groups excluding carboxylic acids is 2. The normalized spacial score (nSPS) is 14.0. The molecule has 1 aromatic heterocycles. The van der Waals surface area contributed by atoms with Crippen molar-refractivity contribution in [2.45, 2.75) is 20.8 Å². The Morgan fingerprint density at radius 1 is 1.11 bits per heavy atom. The Hall–Kier alpha value is -3.26. The van der Waals surface area contributed by atoms with Crippen LogP contribution >= 0.6 is 12.2 Å². The molecule has 0 bridgehead atoms. The molecule has 0 aliphatic carbocycles. The minimum Gasteiger partial charge on any atom is -0.478 e. The summed E-state index contributed by atoms with van der Waals surface area (Å²) in [4.78, 5) is 35.4. The van der Waals surface area contributed by atoms with Crippen molar-refractivity contribution in [2.24, 2.45) is 0 Å². The number of aryl methyl sites for hydroxylation is 2. The zero-order chi connectivity index (χ0) is 19.9. The SMILES string of the molecule is Cc1ccc(C(=O)O)cc1-n1c(C)cc(C=C2C(=O)NC(=S)NC2=O)c1C. The van der Waals surface area contributed by atoms with Crippen molar-refractivity contribution in [1.29, 1.82) is 0 Å². The fourth-order valence-electron chi connectivity index (χ4n) is 3.05. The number of hydrogen-bond acceptors (Lipinski definition) is 4. The van der Waals surface area contributed by atoms with Gasteiger partial charge >= 0.3 is 5.97 Å². The number of hydrogen-bond donors (Lipinski definition) is 3. The lowest BCUT2D eigenvalue weighted by Gasteiger charge is -2.16. The molecule has 0 radical (unpaired) electrons. The zero-order valence-electron chi connectivity index (χ0n) is 14.9. The maximum absolute atomic E-state index is 12.1. The summed E-state index contributed by atoms with van der Waals surface area (Å²) >= 11 is 4.80. The lowest BCUT2D eigenvalue weighted by Crippen LogP contribution is -2.51. The van der Waals surface area contributed by atoms with Crippen molar-refractivity contribution in [2.75, 3.05) is 0 Å². The van der Waals surface area contributed by atoms with Gasteiger partial charge in [0.1, 0.15) is 5.57 Å². The van der Waals surface area contributed by atoms with Crippen LogP contribution in [-0.4, -0.2) is 32.6 Å². The van der Waals surface area contributed by atoms with Crippen LogP contribution < -0.4 is 10.6 Å². The Morgan fingerprint density at radius 3 is 2.33 bits per heavy atom. The first-order valence-corrected chi connectivity index (χ1v) is 8.51. The minimum absolute atomic E-state index is 0.0197. The minimum atomic E-state index is -1.01. The third kappa shape index (κ3) is 3.39. The standard InChI is InChI=1S/C19H17N3O4S/c1-9-4-5-12(18(25)26)8-15(9)22-10(2)6-13(11(22)3)7-14-16(23)20-19(27)21-17(14)24/h4-8H,1-3H3,(H,25,26)(H2,20,21,23,24,27). The number of nitrogens with one attached hydrogen (secondary N) is 2. The van der Waals surface area contributed by atoms with Gasteiger partial charge < -0.3 is 9.67 Å². The second kappa shape index (κ2) is 6.81. The molecular formula is C19H17N3O4S. The number of thiocarbonyl (C=S) groups is 1. The smallest absolute Gasteiger partial charge is 0.335 e. The molecule has 0 spiro atoms. The summed E-state index contributed by atoms with van der Waals surface area (Å²) in [6, 6.07) is 6.74. The van der Waals surface area contributed by atoms with E-state index >= 15 is 0 Å². The third-order valence-electron chi connectivity index (χ3n) is 4.41. The van der Waals surface area contributed by atoms with Gasteiger partial charge in [0.2, 0.25) is 0 Å². The predicted molar refractivity (Wildman–Crippen MR) is 104 cm³/mol. The van der Waals surface area contributed by atoms with E-state index < -0.39 is 17.8 Å². The number of nitrogens with zero attached hydrogens (tertiary/aromatic N) is 1. The van der Waals surface area contributed by atoms with E-state index in [0.29, 0.717) is 5.56 Å². The van der Waals surface area contributed by atoms with Crippen LogP contribution in [0.5, 0.6) is 0 Å². The molecule has 1 aliphatic rings. The molecule has 3 N–H and O–H groups in total. The molecule has 1 fully saturated rings. The number of aromatic carboxylic acids is 1. The van der Waals surface area contributed by atoms with E-state index in [9.17, 15) is 19.5 Å². The van der Waals surface area contributed by atoms with Crippen LogP contribution in [0, 0.1) is 20.8 Å². The van der Waals surface area contributed by atoms with Gasteiger partial charge in [0.15, 0.2) is 5.11 Å². The summed E-state index contributed by atoms with van der Waals surface area (Å²) < 4.78 is 1.90. The molecule has 1 saturated heterocycles. The van der Waals surface area contributed by atoms with Crippen LogP contribution in [0.25, 0.3) is 11.8 Å². The second-order valence-electron chi connectivity index (χ2n) is 6.26. The Balaban J connectivity index is 2.12. The quantitative estimate of drug-likeness (QED) is 0.428. The number of amides is 2. The molecule has 3 rings (SSSR count). The number of aromatic nitrogens is 1. The molecule has 2 aromatic rings. The molecule has 138 valence electrons. The van der Waals surface area contributed by atoms with Gasteiger partial charge in [-0.3, -0.25) is 20.2 Å². The maximum Gasteiger partial charge on any atom is 0.335 e. The first-order chi connectivity index (χ1) is 12.7. The number of carboxylic acids is 1. The van der Waals surface area contributed by atoms with Crippen molar-refractivity contribution in [3.8, 4) is 5.69 Å². The molecule has 0 saturated carbocycles. The van der Waals surface area contributed by atoms with Gasteiger partial charge in [0.25, 0.3) is 11.8 Å². The Labute approximate surface area is 160 Å². The zero-order valence-corrected chi connectivity index (χ0v) is 15.7. The number of carbonyl (C=O) groups is 3. The molecule has 8 heteroatoms. The summed E-state index contributed by atoms with van der Waals surface area (Å²) in [5, 5.41) is 14.1. The lowest BCUT2D eigenvalue weighted by molar-refractivity contribution is -0.123. The molecule has 1 aliphatic heterocycles. The highest BCUT2D eigenvalue weighted by Gasteiger charge is 2.26. The number of benzene rings is 1. The Morgan fingerprint density at radius 2 is 1.74 bits per heavy atom. The predicted octanol–water partition coefficient (Wildman–Crippen LogP) is 2.02. The van der Waals surface area contributed by atoms with Crippen molar-refractivity contribution >= 4 is 41.2 Å². The fraction of sp³-hybridized carbons (Fsp3) is 0.158. The molecule has 2 heterocycles. The van der Waals surface area contributed by atoms with E-state index in [1.807, 2.05) is 31.4 Å². The highest BCUT2D eigenvalue weighted by molar-refractivity contribution is 7.80. The number of carboxylic acid groups (broad SMARTS) is 1. The third-order valence-corrected chi connectivity index (χ3v) is 4.61.